The van der Waals surface area contributed by atoms with Crippen molar-refractivity contribution in [2.24, 2.45) is 0 Å². The zero-order chi connectivity index (χ0) is 12.7. The summed E-state index contributed by atoms with van der Waals surface area (Å²) in [4.78, 5) is 4.58. The van der Waals surface area contributed by atoms with Crippen LogP contribution in [0, 0.1) is 6.92 Å². The number of aryl methyl sites for hydroxylation is 2. The molecule has 0 aromatic carbocycles. The highest BCUT2D eigenvalue weighted by Gasteiger charge is 2.12. The number of hydrogen-bond acceptors (Lipinski definition) is 3. The molecule has 0 saturated heterocycles. The minimum atomic E-state index is 0.653. The quantitative estimate of drug-likeness (QED) is 0.747. The van der Waals surface area contributed by atoms with Gasteiger partial charge in [0.05, 0.1) is 6.20 Å². The molecule has 18 heavy (non-hydrogen) atoms. The van der Waals surface area contributed by atoms with E-state index in [9.17, 15) is 0 Å². The van der Waals surface area contributed by atoms with E-state index in [2.05, 4.69) is 10.1 Å². The Balaban J connectivity index is 2.20. The summed E-state index contributed by atoms with van der Waals surface area (Å²) < 4.78 is 3.76. The lowest BCUT2D eigenvalue weighted by molar-refractivity contribution is 0.660. The van der Waals surface area contributed by atoms with E-state index in [1.807, 2.05) is 47.5 Å². The summed E-state index contributed by atoms with van der Waals surface area (Å²) in [6.45, 7) is 4.93. The van der Waals surface area contributed by atoms with Crippen LogP contribution in [0.2, 0.25) is 0 Å². The number of imidazole rings is 1. The molecule has 3 aromatic heterocycles. The van der Waals surface area contributed by atoms with Gasteiger partial charge in [0.15, 0.2) is 0 Å². The Morgan fingerprint density at radius 1 is 1.39 bits per heavy atom. The molecule has 0 aliphatic carbocycles. The number of rotatable bonds is 2. The summed E-state index contributed by atoms with van der Waals surface area (Å²) in [6.07, 6.45) is 5.71. The highest BCUT2D eigenvalue weighted by molar-refractivity contribution is 5.74. The van der Waals surface area contributed by atoms with Crippen LogP contribution in [-0.4, -0.2) is 19.2 Å². The second-order valence-electron chi connectivity index (χ2n) is 4.36. The molecule has 92 valence electrons. The van der Waals surface area contributed by atoms with Crippen molar-refractivity contribution < 1.29 is 0 Å². The fourth-order valence-electron chi connectivity index (χ4n) is 2.04. The van der Waals surface area contributed by atoms with Crippen LogP contribution in [0.15, 0.2) is 30.7 Å². The maximum Gasteiger partial charge on any atom is 0.139 e. The Morgan fingerprint density at radius 3 is 2.94 bits per heavy atom. The molecular formula is C13H15N5. The molecule has 0 bridgehead atoms. The molecule has 0 radical (unpaired) electrons. The molecule has 0 amide bonds. The molecule has 0 fully saturated rings. The topological polar surface area (TPSA) is 61.1 Å². The molecule has 3 heterocycles. The molecule has 0 aliphatic rings. The average Bonchev–Trinajstić information content (AvgIpc) is 2.94. The zero-order valence-corrected chi connectivity index (χ0v) is 10.5. The van der Waals surface area contributed by atoms with Gasteiger partial charge >= 0.3 is 0 Å². The summed E-state index contributed by atoms with van der Waals surface area (Å²) in [6, 6.07) is 4.04. The minimum absolute atomic E-state index is 0.653. The molecule has 5 nitrogen and oxygen atoms in total. The van der Waals surface area contributed by atoms with Gasteiger partial charge in [0.2, 0.25) is 0 Å². The van der Waals surface area contributed by atoms with E-state index in [4.69, 9.17) is 5.73 Å². The van der Waals surface area contributed by atoms with Crippen molar-refractivity contribution in [1.29, 1.82) is 0 Å². The van der Waals surface area contributed by atoms with Gasteiger partial charge in [-0.25, -0.2) is 4.98 Å². The van der Waals surface area contributed by atoms with E-state index in [1.54, 1.807) is 6.20 Å². The van der Waals surface area contributed by atoms with Crippen LogP contribution in [0.1, 0.15) is 12.5 Å². The lowest BCUT2D eigenvalue weighted by atomic mass is 10.2. The molecule has 3 aromatic rings. The monoisotopic (exact) mass is 241 g/mol. The van der Waals surface area contributed by atoms with Gasteiger partial charge in [-0.2, -0.15) is 5.10 Å². The Kier molecular flexibility index (Phi) is 2.33. The summed E-state index contributed by atoms with van der Waals surface area (Å²) in [5.41, 5.74) is 9.92. The predicted octanol–water partition coefficient (Wildman–Crippen LogP) is 2.11. The van der Waals surface area contributed by atoms with Gasteiger partial charge in [-0.15, -0.1) is 0 Å². The maximum absolute atomic E-state index is 6.14. The SMILES string of the molecule is CCn1cc(-c2nc3cc(C)ccn3c2N)cn1. The number of fused-ring (bicyclic) bond motifs is 1. The summed E-state index contributed by atoms with van der Waals surface area (Å²) in [5.74, 6) is 0.653. The lowest BCUT2D eigenvalue weighted by Gasteiger charge is -1.97. The highest BCUT2D eigenvalue weighted by Crippen LogP contribution is 2.26. The second-order valence-corrected chi connectivity index (χ2v) is 4.36. The molecule has 5 heteroatoms. The van der Waals surface area contributed by atoms with Crippen molar-refractivity contribution in [3.63, 3.8) is 0 Å². The summed E-state index contributed by atoms with van der Waals surface area (Å²) in [7, 11) is 0. The molecule has 0 aliphatic heterocycles. The Labute approximate surface area is 105 Å². The van der Waals surface area contributed by atoms with Gasteiger partial charge in [0.1, 0.15) is 17.2 Å². The van der Waals surface area contributed by atoms with Crippen molar-refractivity contribution in [3.05, 3.63) is 36.3 Å². The standard InChI is InChI=1S/C13H15N5/c1-3-17-8-10(7-15-17)12-13(14)18-5-4-9(2)6-11(18)16-12/h4-8H,3,14H2,1-2H3. The van der Waals surface area contributed by atoms with Crippen LogP contribution in [0.4, 0.5) is 5.82 Å². The van der Waals surface area contributed by atoms with Crippen LogP contribution in [0.25, 0.3) is 16.9 Å². The molecule has 0 unspecified atom stereocenters. The van der Waals surface area contributed by atoms with E-state index in [0.717, 1.165) is 23.4 Å². The Morgan fingerprint density at radius 2 is 2.22 bits per heavy atom. The molecule has 0 saturated carbocycles. The normalized spacial score (nSPS) is 11.2. The van der Waals surface area contributed by atoms with Gasteiger partial charge in [-0.1, -0.05) is 0 Å². The first kappa shape index (κ1) is 10.8. The predicted molar refractivity (Wildman–Crippen MR) is 71.2 cm³/mol. The molecular weight excluding hydrogens is 226 g/mol. The smallest absolute Gasteiger partial charge is 0.139 e. The maximum atomic E-state index is 6.14. The van der Waals surface area contributed by atoms with E-state index in [-0.39, 0.29) is 0 Å². The minimum Gasteiger partial charge on any atom is -0.383 e. The van der Waals surface area contributed by atoms with E-state index in [1.165, 1.54) is 5.56 Å². The number of aromatic nitrogens is 4. The first-order valence-electron chi connectivity index (χ1n) is 5.96. The summed E-state index contributed by atoms with van der Waals surface area (Å²) in [5, 5.41) is 4.25. The number of pyridine rings is 1. The van der Waals surface area contributed by atoms with Gasteiger partial charge in [-0.05, 0) is 31.5 Å². The van der Waals surface area contributed by atoms with Gasteiger partial charge in [0.25, 0.3) is 0 Å². The molecule has 2 N–H and O–H groups in total. The van der Waals surface area contributed by atoms with Crippen molar-refractivity contribution in [1.82, 2.24) is 19.2 Å². The molecule has 0 atom stereocenters. The third-order valence-corrected chi connectivity index (χ3v) is 3.05. The van der Waals surface area contributed by atoms with E-state index in [0.29, 0.717) is 5.82 Å². The van der Waals surface area contributed by atoms with E-state index < -0.39 is 0 Å². The van der Waals surface area contributed by atoms with Gasteiger partial charge < -0.3 is 5.73 Å². The lowest BCUT2D eigenvalue weighted by Crippen LogP contribution is -1.94. The summed E-state index contributed by atoms with van der Waals surface area (Å²) >= 11 is 0. The van der Waals surface area contributed by atoms with Gasteiger partial charge in [0, 0.05) is 24.5 Å². The number of nitrogens with two attached hydrogens (primary N) is 1. The Hall–Kier alpha value is -2.30. The van der Waals surface area contributed by atoms with Gasteiger partial charge in [-0.3, -0.25) is 9.08 Å². The number of nitrogens with zero attached hydrogens (tertiary/aromatic N) is 4. The third-order valence-electron chi connectivity index (χ3n) is 3.05. The van der Waals surface area contributed by atoms with Crippen LogP contribution < -0.4 is 5.73 Å². The Bertz CT molecular complexity index is 707. The van der Waals surface area contributed by atoms with Crippen molar-refractivity contribution in [2.45, 2.75) is 20.4 Å². The fraction of sp³-hybridized carbons (Fsp3) is 0.231. The molecule has 3 rings (SSSR count). The van der Waals surface area contributed by atoms with Crippen LogP contribution in [0.5, 0.6) is 0 Å². The number of nitrogen functional groups attached to an aromatic ring is 1. The third kappa shape index (κ3) is 1.55. The van der Waals surface area contributed by atoms with Crippen LogP contribution >= 0.6 is 0 Å². The van der Waals surface area contributed by atoms with Crippen LogP contribution in [-0.2, 0) is 6.54 Å². The fourth-order valence-corrected chi connectivity index (χ4v) is 2.04. The largest absolute Gasteiger partial charge is 0.383 e. The average molecular weight is 241 g/mol. The number of anilines is 1. The zero-order valence-electron chi connectivity index (χ0n) is 10.5. The van der Waals surface area contributed by atoms with Crippen molar-refractivity contribution >= 4 is 11.5 Å². The highest BCUT2D eigenvalue weighted by atomic mass is 15.3. The first-order valence-corrected chi connectivity index (χ1v) is 5.96. The van der Waals surface area contributed by atoms with Crippen LogP contribution in [0.3, 0.4) is 0 Å². The number of hydrogen-bond donors (Lipinski definition) is 1. The van der Waals surface area contributed by atoms with Crippen molar-refractivity contribution in [3.8, 4) is 11.3 Å². The first-order chi connectivity index (χ1) is 8.69. The molecule has 0 spiro atoms. The second kappa shape index (κ2) is 3.87. The van der Waals surface area contributed by atoms with Crippen molar-refractivity contribution in [2.75, 3.05) is 5.73 Å². The van der Waals surface area contributed by atoms with E-state index >= 15 is 0 Å².